The van der Waals surface area contributed by atoms with E-state index >= 15 is 0 Å². The number of nitrogens with one attached hydrogen (secondary N) is 1. The van der Waals surface area contributed by atoms with Crippen LogP contribution in [0.3, 0.4) is 0 Å². The summed E-state index contributed by atoms with van der Waals surface area (Å²) < 4.78 is 4.67. The molecule has 0 aliphatic heterocycles. The molecule has 3 aromatic rings. The van der Waals surface area contributed by atoms with E-state index in [0.717, 1.165) is 10.8 Å². The lowest BCUT2D eigenvalue weighted by molar-refractivity contribution is -0.140. The molecule has 0 aliphatic rings. The third-order valence-corrected chi connectivity index (χ3v) is 6.72. The van der Waals surface area contributed by atoms with Crippen molar-refractivity contribution in [3.05, 3.63) is 83.4 Å². The molecule has 2 amide bonds. The number of methoxy groups -OCH3 is 1. The largest absolute Gasteiger partial charge is 0.481 e. The number of Topliss-reactive ketones (excluding diaryl/α,β-unsaturated/α-hetero) is 2. The first-order valence-corrected chi connectivity index (χ1v) is 13.1. The minimum atomic E-state index is -1.49. The number of hydrogen-bond donors (Lipinski definition) is 3. The number of carbonyl (C=O) groups excluding carboxylic acids is 5. The topological polar surface area (TPSA) is 170 Å². The molecule has 10 heteroatoms. The fourth-order valence-electron chi connectivity index (χ4n) is 4.59. The molecule has 3 aromatic carbocycles. The minimum Gasteiger partial charge on any atom is -0.481 e. The average Bonchev–Trinajstić information content (AvgIpc) is 2.96. The molecule has 214 valence electrons. The van der Waals surface area contributed by atoms with E-state index in [2.05, 4.69) is 10.1 Å². The molecule has 0 spiro atoms. The van der Waals surface area contributed by atoms with Gasteiger partial charge in [0.1, 0.15) is 0 Å². The first-order valence-electron chi connectivity index (χ1n) is 13.1. The van der Waals surface area contributed by atoms with E-state index in [0.29, 0.717) is 5.56 Å². The van der Waals surface area contributed by atoms with E-state index in [1.54, 1.807) is 42.5 Å². The van der Waals surface area contributed by atoms with Crippen molar-refractivity contribution < 1.29 is 38.6 Å². The van der Waals surface area contributed by atoms with Gasteiger partial charge < -0.3 is 20.9 Å². The SMILES string of the molecule is COC(=O)CCc1ccccc1C(=O)N[C@@H](CCCC(=O)O)C(=O)[C@@H](CC(N)=O)C(=O)c1ccc2ccccc2c1. The summed E-state index contributed by atoms with van der Waals surface area (Å²) in [7, 11) is 1.26. The van der Waals surface area contributed by atoms with Crippen LogP contribution < -0.4 is 11.1 Å². The molecule has 0 aromatic heterocycles. The second-order valence-corrected chi connectivity index (χ2v) is 9.60. The van der Waals surface area contributed by atoms with Gasteiger partial charge in [-0.25, -0.2) is 0 Å². The molecule has 0 unspecified atom stereocenters. The first kappa shape index (κ1) is 30.7. The molecule has 4 N–H and O–H groups in total. The van der Waals surface area contributed by atoms with Gasteiger partial charge in [0, 0.05) is 30.4 Å². The van der Waals surface area contributed by atoms with Crippen LogP contribution in [0.4, 0.5) is 0 Å². The molecule has 0 bridgehead atoms. The van der Waals surface area contributed by atoms with Gasteiger partial charge >= 0.3 is 11.9 Å². The fourth-order valence-corrected chi connectivity index (χ4v) is 4.59. The van der Waals surface area contributed by atoms with Gasteiger partial charge in [-0.2, -0.15) is 0 Å². The molecule has 0 heterocycles. The molecule has 0 saturated heterocycles. The third kappa shape index (κ3) is 8.56. The Kier molecular flexibility index (Phi) is 10.9. The Morgan fingerprint density at radius 2 is 1.59 bits per heavy atom. The minimum absolute atomic E-state index is 0.0305. The molecular formula is C31H32N2O8. The van der Waals surface area contributed by atoms with Gasteiger partial charge in [0.15, 0.2) is 11.6 Å². The number of carboxylic acid groups (broad SMARTS) is 1. The van der Waals surface area contributed by atoms with Crippen molar-refractivity contribution in [1.29, 1.82) is 0 Å². The zero-order valence-corrected chi connectivity index (χ0v) is 22.6. The summed E-state index contributed by atoms with van der Waals surface area (Å²) in [6.07, 6.45) is -0.660. The monoisotopic (exact) mass is 560 g/mol. The van der Waals surface area contributed by atoms with Crippen LogP contribution in [0.25, 0.3) is 10.8 Å². The van der Waals surface area contributed by atoms with Crippen LogP contribution in [-0.4, -0.2) is 53.6 Å². The van der Waals surface area contributed by atoms with Crippen LogP contribution in [0.1, 0.15) is 58.4 Å². The molecule has 0 saturated carbocycles. The van der Waals surface area contributed by atoms with Crippen LogP contribution in [0.15, 0.2) is 66.7 Å². The fraction of sp³-hybridized carbons (Fsp3) is 0.290. The lowest BCUT2D eigenvalue weighted by Crippen LogP contribution is -2.46. The van der Waals surface area contributed by atoms with Gasteiger partial charge in [0.2, 0.25) is 5.91 Å². The predicted octanol–water partition coefficient (Wildman–Crippen LogP) is 3.24. The predicted molar refractivity (Wildman–Crippen MR) is 150 cm³/mol. The van der Waals surface area contributed by atoms with Crippen molar-refractivity contribution in [3.63, 3.8) is 0 Å². The maximum Gasteiger partial charge on any atom is 0.305 e. The Bertz CT molecular complexity index is 1470. The number of benzene rings is 3. The number of aryl methyl sites for hydroxylation is 1. The molecule has 0 radical (unpaired) electrons. The highest BCUT2D eigenvalue weighted by Gasteiger charge is 2.35. The Morgan fingerprint density at radius 1 is 0.902 bits per heavy atom. The highest BCUT2D eigenvalue weighted by molar-refractivity contribution is 6.15. The lowest BCUT2D eigenvalue weighted by Gasteiger charge is -2.23. The number of aliphatic carboxylic acids is 1. The smallest absolute Gasteiger partial charge is 0.305 e. The zero-order valence-electron chi connectivity index (χ0n) is 22.6. The standard InChI is InChI=1S/C31H32N2O8/c1-41-28(37)16-15-20-8-4-5-10-23(20)31(40)33-25(11-6-12-27(35)36)30(39)24(18-26(32)34)29(38)22-14-13-19-7-2-3-9-21(19)17-22/h2-5,7-10,13-14,17,24-25H,6,11-12,15-16,18H2,1H3,(H2,32,34)(H,33,40)(H,35,36)/t24-,25-/m0/s1. The molecule has 0 aliphatic carbocycles. The van der Waals surface area contributed by atoms with Gasteiger partial charge in [-0.1, -0.05) is 54.6 Å². The summed E-state index contributed by atoms with van der Waals surface area (Å²) in [5, 5.41) is 13.4. The summed E-state index contributed by atoms with van der Waals surface area (Å²) in [5.41, 5.74) is 6.36. The number of carboxylic acids is 1. The molecule has 3 rings (SSSR count). The summed E-state index contributed by atoms with van der Waals surface area (Å²) in [4.78, 5) is 75.4. The Labute approximate surface area is 236 Å². The normalized spacial score (nSPS) is 12.2. The number of hydrogen-bond acceptors (Lipinski definition) is 7. The number of carbonyl (C=O) groups is 6. The highest BCUT2D eigenvalue weighted by Crippen LogP contribution is 2.22. The summed E-state index contributed by atoms with van der Waals surface area (Å²) >= 11 is 0. The molecule has 10 nitrogen and oxygen atoms in total. The molecule has 0 fully saturated rings. The van der Waals surface area contributed by atoms with E-state index in [9.17, 15) is 28.8 Å². The van der Waals surface area contributed by atoms with E-state index in [4.69, 9.17) is 10.8 Å². The number of fused-ring (bicyclic) bond motifs is 1. The number of nitrogens with two attached hydrogens (primary N) is 1. The highest BCUT2D eigenvalue weighted by atomic mass is 16.5. The van der Waals surface area contributed by atoms with Gasteiger partial charge in [-0.3, -0.25) is 28.8 Å². The molecule has 41 heavy (non-hydrogen) atoms. The van der Waals surface area contributed by atoms with E-state index in [-0.39, 0.29) is 43.2 Å². The third-order valence-electron chi connectivity index (χ3n) is 6.72. The average molecular weight is 561 g/mol. The van der Waals surface area contributed by atoms with Crippen molar-refractivity contribution in [1.82, 2.24) is 5.32 Å². The first-order chi connectivity index (χ1) is 19.6. The Hall–Kier alpha value is -4.86. The number of ketones is 2. The van der Waals surface area contributed by atoms with E-state index in [1.165, 1.54) is 13.2 Å². The van der Waals surface area contributed by atoms with Gasteiger partial charge in [-0.15, -0.1) is 0 Å². The number of amides is 2. The molecule has 2 atom stereocenters. The van der Waals surface area contributed by atoms with E-state index < -0.39 is 53.7 Å². The summed E-state index contributed by atoms with van der Waals surface area (Å²) in [6.45, 7) is 0. The van der Waals surface area contributed by atoms with Gasteiger partial charge in [-0.05, 0) is 47.7 Å². The summed E-state index contributed by atoms with van der Waals surface area (Å²) in [5.74, 6) is -5.92. The maximum atomic E-state index is 13.8. The van der Waals surface area contributed by atoms with Crippen molar-refractivity contribution in [2.24, 2.45) is 11.7 Å². The van der Waals surface area contributed by atoms with Crippen LogP contribution in [0.5, 0.6) is 0 Å². The van der Waals surface area contributed by atoms with Crippen molar-refractivity contribution in [2.75, 3.05) is 7.11 Å². The van der Waals surface area contributed by atoms with Gasteiger partial charge in [0.05, 0.1) is 19.1 Å². The van der Waals surface area contributed by atoms with Crippen LogP contribution in [-0.2, 0) is 30.3 Å². The second-order valence-electron chi connectivity index (χ2n) is 9.60. The van der Waals surface area contributed by atoms with Gasteiger partial charge in [0.25, 0.3) is 5.91 Å². The lowest BCUT2D eigenvalue weighted by atomic mass is 9.85. The van der Waals surface area contributed by atoms with Crippen molar-refractivity contribution in [3.8, 4) is 0 Å². The quantitative estimate of drug-likeness (QED) is 0.144. The van der Waals surface area contributed by atoms with Crippen molar-refractivity contribution >= 4 is 46.1 Å². The molecular weight excluding hydrogens is 528 g/mol. The zero-order chi connectivity index (χ0) is 29.9. The summed E-state index contributed by atoms with van der Waals surface area (Å²) in [6, 6.07) is 17.5. The number of esters is 1. The maximum absolute atomic E-state index is 13.8. The van der Waals surface area contributed by atoms with E-state index in [1.807, 2.05) is 18.2 Å². The second kappa shape index (κ2) is 14.5. The number of primary amides is 1. The van der Waals surface area contributed by atoms with Crippen LogP contribution in [0.2, 0.25) is 0 Å². The number of rotatable bonds is 15. The van der Waals surface area contributed by atoms with Crippen molar-refractivity contribution in [2.45, 2.75) is 44.6 Å². The van der Waals surface area contributed by atoms with Crippen LogP contribution in [0, 0.1) is 5.92 Å². The number of ether oxygens (including phenoxy) is 1. The Morgan fingerprint density at radius 3 is 2.27 bits per heavy atom. The van der Waals surface area contributed by atoms with Crippen LogP contribution >= 0.6 is 0 Å². The Balaban J connectivity index is 1.91.